The summed E-state index contributed by atoms with van der Waals surface area (Å²) in [6, 6.07) is 5.34. The molecule has 0 aliphatic carbocycles. The van der Waals surface area contributed by atoms with Gasteiger partial charge in [-0.15, -0.1) is 0 Å². The zero-order chi connectivity index (χ0) is 15.6. The number of hydrogen-bond donors (Lipinski definition) is 3. The van der Waals surface area contributed by atoms with Gasteiger partial charge < -0.3 is 15.5 Å². The van der Waals surface area contributed by atoms with Crippen LogP contribution < -0.4 is 5.32 Å². The maximum atomic E-state index is 13.4. The Morgan fingerprint density at radius 2 is 1.71 bits per heavy atom. The van der Waals surface area contributed by atoms with E-state index in [0.717, 1.165) is 12.1 Å². The molecule has 2 aromatic rings. The summed E-state index contributed by atoms with van der Waals surface area (Å²) < 4.78 is 39.1. The monoisotopic (exact) mass is 297 g/mol. The molecule has 0 heterocycles. The van der Waals surface area contributed by atoms with Crippen LogP contribution >= 0.6 is 0 Å². The Balaban J connectivity index is 2.12. The van der Waals surface area contributed by atoms with Gasteiger partial charge in [0.15, 0.2) is 29.0 Å². The van der Waals surface area contributed by atoms with Gasteiger partial charge in [0, 0.05) is 0 Å². The fraction of sp³-hybridized carbons (Fsp3) is 0.0714. The molecule has 7 heteroatoms. The number of carbonyl (C=O) groups is 1. The van der Waals surface area contributed by atoms with Crippen LogP contribution in [0.25, 0.3) is 0 Å². The quantitative estimate of drug-likeness (QED) is 0.602. The van der Waals surface area contributed by atoms with Crippen molar-refractivity contribution in [1.82, 2.24) is 0 Å². The Kier molecular flexibility index (Phi) is 4.02. The summed E-state index contributed by atoms with van der Waals surface area (Å²) in [5, 5.41) is 20.5. The number of nitrogens with one attached hydrogen (secondary N) is 1. The lowest BCUT2D eigenvalue weighted by Gasteiger charge is -2.08. The normalized spacial score (nSPS) is 10.4. The number of anilines is 1. The summed E-state index contributed by atoms with van der Waals surface area (Å²) >= 11 is 0. The highest BCUT2D eigenvalue weighted by Crippen LogP contribution is 2.25. The number of hydrogen-bond acceptors (Lipinski definition) is 3. The average Bonchev–Trinajstić information content (AvgIpc) is 2.44. The largest absolute Gasteiger partial charge is 0.504 e. The number of amides is 1. The average molecular weight is 297 g/mol. The fourth-order valence-electron chi connectivity index (χ4n) is 1.68. The maximum absolute atomic E-state index is 13.4. The van der Waals surface area contributed by atoms with E-state index in [4.69, 9.17) is 5.11 Å². The first kappa shape index (κ1) is 14.7. The highest BCUT2D eigenvalue weighted by Gasteiger charge is 2.15. The SMILES string of the molecule is O=C(Cc1ccc(O)c(O)c1)Nc1ccc(F)c(F)c1F. The molecule has 0 unspecified atom stereocenters. The number of carbonyl (C=O) groups excluding carboxylic acids is 1. The molecule has 2 aromatic carbocycles. The van der Waals surface area contributed by atoms with Crippen LogP contribution in [0.5, 0.6) is 11.5 Å². The van der Waals surface area contributed by atoms with Crippen LogP contribution in [0.3, 0.4) is 0 Å². The van der Waals surface area contributed by atoms with Crippen molar-refractivity contribution in [2.75, 3.05) is 5.32 Å². The molecule has 0 aromatic heterocycles. The van der Waals surface area contributed by atoms with Gasteiger partial charge in [-0.3, -0.25) is 4.79 Å². The van der Waals surface area contributed by atoms with Crippen molar-refractivity contribution >= 4 is 11.6 Å². The summed E-state index contributed by atoms with van der Waals surface area (Å²) in [6.45, 7) is 0. The molecule has 4 nitrogen and oxygen atoms in total. The third-order valence-electron chi connectivity index (χ3n) is 2.71. The summed E-state index contributed by atoms with van der Waals surface area (Å²) in [4.78, 5) is 11.7. The highest BCUT2D eigenvalue weighted by molar-refractivity contribution is 5.92. The maximum Gasteiger partial charge on any atom is 0.228 e. The molecule has 3 N–H and O–H groups in total. The van der Waals surface area contributed by atoms with Gasteiger partial charge in [-0.2, -0.15) is 0 Å². The van der Waals surface area contributed by atoms with Crippen molar-refractivity contribution in [2.24, 2.45) is 0 Å². The third-order valence-corrected chi connectivity index (χ3v) is 2.71. The van der Waals surface area contributed by atoms with Crippen LogP contribution in [0.2, 0.25) is 0 Å². The Bertz CT molecular complexity index is 704. The minimum Gasteiger partial charge on any atom is -0.504 e. The molecule has 0 bridgehead atoms. The van der Waals surface area contributed by atoms with Crippen LogP contribution in [-0.2, 0) is 11.2 Å². The number of phenolic OH excluding ortho intramolecular Hbond substituents is 2. The van der Waals surface area contributed by atoms with E-state index >= 15 is 0 Å². The summed E-state index contributed by atoms with van der Waals surface area (Å²) in [6.07, 6.45) is -0.244. The number of phenols is 2. The van der Waals surface area contributed by atoms with Crippen LogP contribution in [0.15, 0.2) is 30.3 Å². The first-order valence-electron chi connectivity index (χ1n) is 5.82. The van der Waals surface area contributed by atoms with Gasteiger partial charge in [-0.1, -0.05) is 6.07 Å². The number of rotatable bonds is 3. The molecule has 0 saturated carbocycles. The van der Waals surface area contributed by atoms with Gasteiger partial charge in [0.1, 0.15) is 0 Å². The second-order valence-electron chi connectivity index (χ2n) is 4.27. The van der Waals surface area contributed by atoms with E-state index in [-0.39, 0.29) is 12.2 Å². The van der Waals surface area contributed by atoms with Crippen molar-refractivity contribution in [3.05, 3.63) is 53.3 Å². The van der Waals surface area contributed by atoms with Crippen molar-refractivity contribution < 1.29 is 28.2 Å². The van der Waals surface area contributed by atoms with Crippen molar-refractivity contribution in [1.29, 1.82) is 0 Å². The Morgan fingerprint density at radius 1 is 1.00 bits per heavy atom. The van der Waals surface area contributed by atoms with E-state index in [1.807, 2.05) is 0 Å². The molecule has 0 saturated heterocycles. The predicted molar refractivity (Wildman–Crippen MR) is 68.4 cm³/mol. The lowest BCUT2D eigenvalue weighted by Crippen LogP contribution is -2.16. The minimum absolute atomic E-state index is 0.244. The van der Waals surface area contributed by atoms with E-state index in [2.05, 4.69) is 5.32 Å². The molecule has 0 aliphatic heterocycles. The standard InChI is InChI=1S/C14H10F3NO3/c15-8-2-3-9(14(17)13(8)16)18-12(21)6-7-1-4-10(19)11(20)5-7/h1-5,19-20H,6H2,(H,18,21). The van der Waals surface area contributed by atoms with Crippen LogP contribution in [0, 0.1) is 17.5 Å². The predicted octanol–water partition coefficient (Wildman–Crippen LogP) is 2.70. The Hall–Kier alpha value is -2.70. The van der Waals surface area contributed by atoms with Crippen molar-refractivity contribution in [3.8, 4) is 11.5 Å². The van der Waals surface area contributed by atoms with Gasteiger partial charge in [-0.05, 0) is 29.8 Å². The lowest BCUT2D eigenvalue weighted by atomic mass is 10.1. The number of halogens is 3. The molecule has 0 aliphatic rings. The van der Waals surface area contributed by atoms with Crippen molar-refractivity contribution in [3.63, 3.8) is 0 Å². The molecule has 21 heavy (non-hydrogen) atoms. The molecule has 2 rings (SSSR count). The van der Waals surface area contributed by atoms with Gasteiger partial charge in [0.05, 0.1) is 12.1 Å². The zero-order valence-electron chi connectivity index (χ0n) is 10.5. The van der Waals surface area contributed by atoms with Gasteiger partial charge in [0.2, 0.25) is 5.91 Å². The second kappa shape index (κ2) is 5.74. The molecular formula is C14H10F3NO3. The zero-order valence-corrected chi connectivity index (χ0v) is 10.5. The topological polar surface area (TPSA) is 69.6 Å². The first-order chi connectivity index (χ1) is 9.88. The smallest absolute Gasteiger partial charge is 0.228 e. The molecular weight excluding hydrogens is 287 g/mol. The Labute approximate surface area is 117 Å². The molecule has 0 spiro atoms. The minimum atomic E-state index is -1.67. The van der Waals surface area contributed by atoms with E-state index in [1.165, 1.54) is 12.1 Å². The molecule has 0 fully saturated rings. The first-order valence-corrected chi connectivity index (χ1v) is 5.82. The van der Waals surface area contributed by atoms with Crippen LogP contribution in [0.1, 0.15) is 5.56 Å². The molecule has 0 atom stereocenters. The fourth-order valence-corrected chi connectivity index (χ4v) is 1.68. The van der Waals surface area contributed by atoms with E-state index in [9.17, 15) is 23.1 Å². The van der Waals surface area contributed by atoms with Gasteiger partial charge in [0.25, 0.3) is 0 Å². The van der Waals surface area contributed by atoms with Crippen LogP contribution in [-0.4, -0.2) is 16.1 Å². The van der Waals surface area contributed by atoms with E-state index in [0.29, 0.717) is 11.6 Å². The van der Waals surface area contributed by atoms with E-state index in [1.54, 1.807) is 0 Å². The lowest BCUT2D eigenvalue weighted by molar-refractivity contribution is -0.115. The molecule has 110 valence electrons. The van der Waals surface area contributed by atoms with Crippen molar-refractivity contribution in [2.45, 2.75) is 6.42 Å². The summed E-state index contributed by atoms with van der Waals surface area (Å²) in [5.74, 6) is -5.95. The van der Waals surface area contributed by atoms with Gasteiger partial charge >= 0.3 is 0 Å². The van der Waals surface area contributed by atoms with Gasteiger partial charge in [-0.25, -0.2) is 13.2 Å². The summed E-state index contributed by atoms with van der Waals surface area (Å²) in [5.41, 5.74) is -0.132. The summed E-state index contributed by atoms with van der Waals surface area (Å²) in [7, 11) is 0. The third kappa shape index (κ3) is 3.25. The highest BCUT2D eigenvalue weighted by atomic mass is 19.2. The molecule has 0 radical (unpaired) electrons. The second-order valence-corrected chi connectivity index (χ2v) is 4.27. The Morgan fingerprint density at radius 3 is 2.38 bits per heavy atom. The number of benzene rings is 2. The number of aromatic hydroxyl groups is 2. The van der Waals surface area contributed by atoms with Crippen LogP contribution in [0.4, 0.5) is 18.9 Å². The van der Waals surface area contributed by atoms with E-state index < -0.39 is 34.8 Å². The molecule has 1 amide bonds.